The first kappa shape index (κ1) is 19.6. The maximum absolute atomic E-state index is 12.4. The minimum atomic E-state index is -0.652. The first-order valence-corrected chi connectivity index (χ1v) is 10.4. The number of fused-ring (bicyclic) bond motifs is 2. The molecule has 2 bridgehead atoms. The lowest BCUT2D eigenvalue weighted by Gasteiger charge is -2.28. The van der Waals surface area contributed by atoms with Crippen molar-refractivity contribution in [1.82, 2.24) is 5.32 Å². The van der Waals surface area contributed by atoms with Crippen molar-refractivity contribution < 1.29 is 19.1 Å². The number of benzene rings is 1. The van der Waals surface area contributed by atoms with Crippen LogP contribution >= 0.6 is 0 Å². The lowest BCUT2D eigenvalue weighted by atomic mass is 9.84. The van der Waals surface area contributed by atoms with Gasteiger partial charge in [0, 0.05) is 18.9 Å². The molecule has 3 aliphatic rings. The van der Waals surface area contributed by atoms with Gasteiger partial charge in [0.05, 0.1) is 5.69 Å². The number of hydrazone groups is 1. The largest absolute Gasteiger partial charge is 0.451 e. The van der Waals surface area contributed by atoms with E-state index in [9.17, 15) is 14.4 Å². The molecular formula is C22H27N3O4. The number of anilines is 1. The molecule has 0 spiro atoms. The minimum absolute atomic E-state index is 0.0923. The third kappa shape index (κ3) is 4.33. The summed E-state index contributed by atoms with van der Waals surface area (Å²) in [7, 11) is 0. The summed E-state index contributed by atoms with van der Waals surface area (Å²) in [6.07, 6.45) is 5.45. The Kier molecular flexibility index (Phi) is 5.65. The maximum Gasteiger partial charge on any atom is 0.355 e. The fourth-order valence-corrected chi connectivity index (χ4v) is 4.99. The fourth-order valence-electron chi connectivity index (χ4n) is 4.99. The molecule has 7 nitrogen and oxygen atoms in total. The highest BCUT2D eigenvalue weighted by atomic mass is 16.5. The Bertz CT molecular complexity index is 823. The van der Waals surface area contributed by atoms with Gasteiger partial charge in [-0.2, -0.15) is 5.10 Å². The molecule has 1 aromatic rings. The molecule has 7 heteroatoms. The third-order valence-electron chi connectivity index (χ3n) is 6.43. The Hall–Kier alpha value is -2.70. The van der Waals surface area contributed by atoms with E-state index in [1.165, 1.54) is 30.7 Å². The molecule has 1 aliphatic heterocycles. The number of esters is 1. The van der Waals surface area contributed by atoms with Crippen molar-refractivity contribution in [2.75, 3.05) is 11.6 Å². The van der Waals surface area contributed by atoms with Crippen LogP contribution in [0.15, 0.2) is 35.4 Å². The highest BCUT2D eigenvalue weighted by Gasteiger charge is 2.42. The summed E-state index contributed by atoms with van der Waals surface area (Å²) in [5.74, 6) is 0.951. The molecule has 2 saturated carbocycles. The quantitative estimate of drug-likeness (QED) is 0.748. The maximum atomic E-state index is 12.4. The van der Waals surface area contributed by atoms with Crippen LogP contribution < -0.4 is 10.3 Å². The number of nitrogens with zero attached hydrogens (tertiary/aromatic N) is 2. The Morgan fingerprint density at radius 2 is 2.00 bits per heavy atom. The van der Waals surface area contributed by atoms with Crippen molar-refractivity contribution in [1.29, 1.82) is 0 Å². The Morgan fingerprint density at radius 3 is 2.69 bits per heavy atom. The number of ether oxygens (including phenoxy) is 1. The Labute approximate surface area is 170 Å². The number of rotatable bonds is 6. The van der Waals surface area contributed by atoms with E-state index in [2.05, 4.69) is 10.4 Å². The SMILES string of the molecule is CC(NC(=O)COC(=O)C1=NN(c2ccccc2)C(=O)CC1)C1CC2CCC1C2. The average Bonchev–Trinajstić information content (AvgIpc) is 3.37. The van der Waals surface area contributed by atoms with Crippen LogP contribution in [0, 0.1) is 17.8 Å². The second-order valence-electron chi connectivity index (χ2n) is 8.36. The molecule has 4 unspecified atom stereocenters. The van der Waals surface area contributed by atoms with Crippen LogP contribution in [-0.4, -0.2) is 36.1 Å². The number of nitrogens with one attached hydrogen (secondary N) is 1. The smallest absolute Gasteiger partial charge is 0.355 e. The molecule has 154 valence electrons. The molecule has 1 aromatic carbocycles. The zero-order valence-corrected chi connectivity index (χ0v) is 16.7. The number of hydrogen-bond donors (Lipinski definition) is 1. The van der Waals surface area contributed by atoms with Gasteiger partial charge in [-0.1, -0.05) is 24.6 Å². The lowest BCUT2D eigenvalue weighted by Crippen LogP contribution is -2.42. The van der Waals surface area contributed by atoms with Crippen molar-refractivity contribution in [3.8, 4) is 0 Å². The first-order valence-electron chi connectivity index (χ1n) is 10.4. The summed E-state index contributed by atoms with van der Waals surface area (Å²) in [5, 5.41) is 8.36. The zero-order valence-electron chi connectivity index (χ0n) is 16.7. The van der Waals surface area contributed by atoms with Gasteiger partial charge < -0.3 is 10.1 Å². The molecule has 1 N–H and O–H groups in total. The van der Waals surface area contributed by atoms with Crippen molar-refractivity contribution >= 4 is 29.2 Å². The molecule has 4 atom stereocenters. The van der Waals surface area contributed by atoms with E-state index in [0.29, 0.717) is 11.6 Å². The molecule has 4 rings (SSSR count). The molecule has 1 heterocycles. The molecule has 2 amide bonds. The third-order valence-corrected chi connectivity index (χ3v) is 6.43. The van der Waals surface area contributed by atoms with E-state index in [0.717, 1.165) is 11.8 Å². The van der Waals surface area contributed by atoms with Crippen LogP contribution in [0.2, 0.25) is 0 Å². The Morgan fingerprint density at radius 1 is 1.21 bits per heavy atom. The molecular weight excluding hydrogens is 370 g/mol. The van der Waals surface area contributed by atoms with Crippen LogP contribution in [0.1, 0.15) is 45.4 Å². The second-order valence-corrected chi connectivity index (χ2v) is 8.36. The number of para-hydroxylation sites is 1. The number of carbonyl (C=O) groups is 3. The van der Waals surface area contributed by atoms with E-state index in [-0.39, 0.29) is 43.0 Å². The van der Waals surface area contributed by atoms with E-state index in [1.54, 1.807) is 24.3 Å². The topological polar surface area (TPSA) is 88.1 Å². The highest BCUT2D eigenvalue weighted by molar-refractivity contribution is 6.38. The molecule has 2 fully saturated rings. The number of amides is 2. The number of hydrogen-bond acceptors (Lipinski definition) is 5. The van der Waals surface area contributed by atoms with E-state index >= 15 is 0 Å². The van der Waals surface area contributed by atoms with Crippen LogP contribution in [-0.2, 0) is 19.1 Å². The summed E-state index contributed by atoms with van der Waals surface area (Å²) >= 11 is 0. The van der Waals surface area contributed by atoms with E-state index in [4.69, 9.17) is 4.74 Å². The summed E-state index contributed by atoms with van der Waals surface area (Å²) in [5.41, 5.74) is 0.752. The van der Waals surface area contributed by atoms with Gasteiger partial charge >= 0.3 is 5.97 Å². The van der Waals surface area contributed by atoms with Gasteiger partial charge in [0.15, 0.2) is 6.61 Å². The standard InChI is InChI=1S/C22H27N3O4/c1-14(18-12-15-7-8-16(18)11-15)23-20(26)13-29-22(28)19-9-10-21(27)25(24-19)17-5-3-2-4-6-17/h2-6,14-16,18H,7-13H2,1H3,(H,23,26). The van der Waals surface area contributed by atoms with Crippen LogP contribution in [0.25, 0.3) is 0 Å². The summed E-state index contributed by atoms with van der Waals surface area (Å²) in [6, 6.07) is 9.03. The summed E-state index contributed by atoms with van der Waals surface area (Å²) < 4.78 is 5.17. The van der Waals surface area contributed by atoms with Gasteiger partial charge in [-0.05, 0) is 56.1 Å². The fraction of sp³-hybridized carbons (Fsp3) is 0.545. The van der Waals surface area contributed by atoms with Crippen molar-refractivity contribution in [3.63, 3.8) is 0 Å². The number of carbonyl (C=O) groups excluding carboxylic acids is 3. The monoisotopic (exact) mass is 397 g/mol. The molecule has 0 aromatic heterocycles. The van der Waals surface area contributed by atoms with Crippen LogP contribution in [0.3, 0.4) is 0 Å². The highest BCUT2D eigenvalue weighted by Crippen LogP contribution is 2.49. The zero-order chi connectivity index (χ0) is 20.4. The van der Waals surface area contributed by atoms with Gasteiger partial charge in [-0.25, -0.2) is 9.80 Å². The van der Waals surface area contributed by atoms with Gasteiger partial charge in [0.25, 0.3) is 5.91 Å². The van der Waals surface area contributed by atoms with Crippen molar-refractivity contribution in [2.24, 2.45) is 22.9 Å². The van der Waals surface area contributed by atoms with E-state index < -0.39 is 5.97 Å². The lowest BCUT2D eigenvalue weighted by molar-refractivity contribution is -0.142. The van der Waals surface area contributed by atoms with E-state index in [1.807, 2.05) is 13.0 Å². The molecule has 0 saturated heterocycles. The van der Waals surface area contributed by atoms with Crippen molar-refractivity contribution in [2.45, 2.75) is 51.5 Å². The van der Waals surface area contributed by atoms with Crippen molar-refractivity contribution in [3.05, 3.63) is 30.3 Å². The predicted octanol–water partition coefficient (Wildman–Crippen LogP) is 2.65. The minimum Gasteiger partial charge on any atom is -0.451 e. The van der Waals surface area contributed by atoms with Gasteiger partial charge in [0.1, 0.15) is 5.71 Å². The average molecular weight is 397 g/mol. The van der Waals surface area contributed by atoms with Gasteiger partial charge in [-0.15, -0.1) is 0 Å². The van der Waals surface area contributed by atoms with Crippen LogP contribution in [0.5, 0.6) is 0 Å². The predicted molar refractivity (Wildman–Crippen MR) is 108 cm³/mol. The second kappa shape index (κ2) is 8.35. The molecule has 2 aliphatic carbocycles. The Balaban J connectivity index is 1.29. The first-order chi connectivity index (χ1) is 14.0. The summed E-state index contributed by atoms with van der Waals surface area (Å²) in [6.45, 7) is 1.71. The normalized spacial score (nSPS) is 26.8. The summed E-state index contributed by atoms with van der Waals surface area (Å²) in [4.78, 5) is 36.7. The van der Waals surface area contributed by atoms with Crippen LogP contribution in [0.4, 0.5) is 5.69 Å². The van der Waals surface area contributed by atoms with Gasteiger partial charge in [-0.3, -0.25) is 9.59 Å². The molecule has 0 radical (unpaired) electrons. The van der Waals surface area contributed by atoms with Gasteiger partial charge in [0.2, 0.25) is 5.91 Å². The molecule has 29 heavy (non-hydrogen) atoms.